The van der Waals surface area contributed by atoms with Crippen LogP contribution in [-0.2, 0) is 0 Å². The van der Waals surface area contributed by atoms with Gasteiger partial charge in [0.05, 0.1) is 11.3 Å². The van der Waals surface area contributed by atoms with E-state index in [2.05, 4.69) is 5.32 Å². The van der Waals surface area contributed by atoms with Crippen LogP contribution in [0.1, 0.15) is 10.4 Å². The molecule has 1 amide bonds. The van der Waals surface area contributed by atoms with Gasteiger partial charge in [0.25, 0.3) is 5.91 Å². The number of benzene rings is 2. The molecule has 3 nitrogen and oxygen atoms in total. The summed E-state index contributed by atoms with van der Waals surface area (Å²) in [5.41, 5.74) is 5.33. The molecule has 0 aromatic heterocycles. The minimum absolute atomic E-state index is 0.187. The van der Waals surface area contributed by atoms with Crippen molar-refractivity contribution >= 4 is 51.5 Å². The number of hydrogen-bond acceptors (Lipinski definition) is 2. The van der Waals surface area contributed by atoms with Crippen molar-refractivity contribution < 1.29 is 13.6 Å². The van der Waals surface area contributed by atoms with E-state index in [0.717, 1.165) is 6.07 Å². The molecule has 0 spiro atoms. The molecule has 0 unspecified atom stereocenters. The van der Waals surface area contributed by atoms with Crippen molar-refractivity contribution in [1.29, 1.82) is 0 Å². The van der Waals surface area contributed by atoms with Crippen LogP contribution in [0.5, 0.6) is 0 Å². The van der Waals surface area contributed by atoms with E-state index >= 15 is 0 Å². The molecule has 7 heteroatoms. The number of halogens is 4. The van der Waals surface area contributed by atoms with Gasteiger partial charge < -0.3 is 11.1 Å². The van der Waals surface area contributed by atoms with Crippen LogP contribution in [0.4, 0.5) is 20.2 Å². The lowest BCUT2D eigenvalue weighted by molar-refractivity contribution is 0.102. The van der Waals surface area contributed by atoms with Crippen molar-refractivity contribution in [1.82, 2.24) is 0 Å². The molecule has 2 aromatic carbocycles. The second-order valence-electron chi connectivity index (χ2n) is 3.93. The Morgan fingerprint density at radius 2 is 1.95 bits per heavy atom. The average Bonchev–Trinajstić information content (AvgIpc) is 2.36. The van der Waals surface area contributed by atoms with E-state index in [1.54, 1.807) is 12.1 Å². The highest BCUT2D eigenvalue weighted by Gasteiger charge is 2.16. The van der Waals surface area contributed by atoms with Crippen molar-refractivity contribution in [3.05, 3.63) is 56.1 Å². The maximum absolute atomic E-state index is 13.6. The molecule has 2 rings (SSSR count). The molecule has 20 heavy (non-hydrogen) atoms. The molecule has 0 aliphatic rings. The van der Waals surface area contributed by atoms with Gasteiger partial charge in [0.15, 0.2) is 5.82 Å². The van der Waals surface area contributed by atoms with E-state index < -0.39 is 17.5 Å². The Balaban J connectivity index is 2.35. The SMILES string of the molecule is Nc1cc(F)cc(F)c1NC(=O)c1cc(Cl)ccc1I. The normalized spacial score (nSPS) is 10.4. The van der Waals surface area contributed by atoms with Gasteiger partial charge in [-0.2, -0.15) is 0 Å². The number of anilines is 2. The summed E-state index contributed by atoms with van der Waals surface area (Å²) in [5, 5.41) is 2.70. The van der Waals surface area contributed by atoms with Gasteiger partial charge in [-0.15, -0.1) is 0 Å². The van der Waals surface area contributed by atoms with Crippen LogP contribution in [0.15, 0.2) is 30.3 Å². The molecule has 0 bridgehead atoms. The second-order valence-corrected chi connectivity index (χ2v) is 5.53. The zero-order valence-corrected chi connectivity index (χ0v) is 12.8. The van der Waals surface area contributed by atoms with Crippen LogP contribution >= 0.6 is 34.2 Å². The number of carbonyl (C=O) groups is 1. The highest BCUT2D eigenvalue weighted by Crippen LogP contribution is 2.25. The fourth-order valence-electron chi connectivity index (χ4n) is 1.58. The topological polar surface area (TPSA) is 55.1 Å². The van der Waals surface area contributed by atoms with Crippen LogP contribution in [0.2, 0.25) is 5.02 Å². The summed E-state index contributed by atoms with van der Waals surface area (Å²) in [7, 11) is 0. The van der Waals surface area contributed by atoms with Crippen LogP contribution in [0.25, 0.3) is 0 Å². The maximum atomic E-state index is 13.6. The van der Waals surface area contributed by atoms with E-state index in [0.29, 0.717) is 14.7 Å². The number of nitrogen functional groups attached to an aromatic ring is 1. The summed E-state index contributed by atoms with van der Waals surface area (Å²) in [4.78, 5) is 12.1. The molecule has 2 aromatic rings. The monoisotopic (exact) mass is 408 g/mol. The van der Waals surface area contributed by atoms with E-state index in [9.17, 15) is 13.6 Å². The molecular formula is C13H8ClF2IN2O. The second kappa shape index (κ2) is 5.92. The van der Waals surface area contributed by atoms with Crippen molar-refractivity contribution in [2.24, 2.45) is 0 Å². The van der Waals surface area contributed by atoms with Crippen molar-refractivity contribution in [3.63, 3.8) is 0 Å². The summed E-state index contributed by atoms with van der Waals surface area (Å²) in [5.74, 6) is -2.32. The Kier molecular flexibility index (Phi) is 4.44. The van der Waals surface area contributed by atoms with Gasteiger partial charge in [-0.3, -0.25) is 4.79 Å². The third kappa shape index (κ3) is 3.18. The number of nitrogens with two attached hydrogens (primary N) is 1. The minimum Gasteiger partial charge on any atom is -0.397 e. The third-order valence-corrected chi connectivity index (χ3v) is 3.67. The number of carbonyl (C=O) groups excluding carboxylic acids is 1. The first-order valence-electron chi connectivity index (χ1n) is 5.39. The van der Waals surface area contributed by atoms with Crippen molar-refractivity contribution in [2.45, 2.75) is 0 Å². The summed E-state index contributed by atoms with van der Waals surface area (Å²) in [6, 6.07) is 6.32. The van der Waals surface area contributed by atoms with Crippen LogP contribution in [0, 0.1) is 15.2 Å². The number of nitrogens with one attached hydrogen (secondary N) is 1. The lowest BCUT2D eigenvalue weighted by Gasteiger charge is -2.10. The smallest absolute Gasteiger partial charge is 0.256 e. The zero-order chi connectivity index (χ0) is 14.9. The van der Waals surface area contributed by atoms with Gasteiger partial charge in [-0.05, 0) is 46.9 Å². The first-order valence-corrected chi connectivity index (χ1v) is 6.85. The quantitative estimate of drug-likeness (QED) is 0.582. The van der Waals surface area contributed by atoms with Crippen LogP contribution < -0.4 is 11.1 Å². The molecule has 0 fully saturated rings. The molecule has 0 aliphatic carbocycles. The van der Waals surface area contributed by atoms with E-state index in [1.807, 2.05) is 22.6 Å². The summed E-state index contributed by atoms with van der Waals surface area (Å²) >= 11 is 7.77. The number of rotatable bonds is 2. The Morgan fingerprint density at radius 1 is 1.25 bits per heavy atom. The van der Waals surface area contributed by atoms with Gasteiger partial charge in [-0.1, -0.05) is 11.6 Å². The summed E-state index contributed by atoms with van der Waals surface area (Å²) in [6.45, 7) is 0. The Hall–Kier alpha value is -1.41. The highest BCUT2D eigenvalue weighted by molar-refractivity contribution is 14.1. The Labute approximate surface area is 132 Å². The fraction of sp³-hybridized carbons (Fsp3) is 0. The average molecular weight is 409 g/mol. The molecule has 0 radical (unpaired) electrons. The molecule has 0 aliphatic heterocycles. The van der Waals surface area contributed by atoms with Crippen LogP contribution in [0.3, 0.4) is 0 Å². The van der Waals surface area contributed by atoms with Gasteiger partial charge >= 0.3 is 0 Å². The molecule has 0 saturated heterocycles. The summed E-state index contributed by atoms with van der Waals surface area (Å²) in [6.07, 6.45) is 0. The van der Waals surface area contributed by atoms with Gasteiger partial charge in [0.2, 0.25) is 0 Å². The summed E-state index contributed by atoms with van der Waals surface area (Å²) < 4.78 is 27.2. The maximum Gasteiger partial charge on any atom is 0.256 e. The van der Waals surface area contributed by atoms with Gasteiger partial charge in [-0.25, -0.2) is 8.78 Å². The number of amides is 1. The minimum atomic E-state index is -0.937. The van der Waals surface area contributed by atoms with Crippen molar-refractivity contribution in [2.75, 3.05) is 11.1 Å². The zero-order valence-electron chi connectivity index (χ0n) is 9.88. The van der Waals surface area contributed by atoms with Gasteiger partial charge in [0, 0.05) is 14.7 Å². The number of hydrogen-bond donors (Lipinski definition) is 2. The third-order valence-electron chi connectivity index (χ3n) is 2.50. The first-order chi connectivity index (χ1) is 9.38. The predicted molar refractivity (Wildman–Crippen MR) is 82.9 cm³/mol. The fourth-order valence-corrected chi connectivity index (χ4v) is 2.33. The predicted octanol–water partition coefficient (Wildman–Crippen LogP) is 4.06. The van der Waals surface area contributed by atoms with E-state index in [1.165, 1.54) is 6.07 Å². The highest BCUT2D eigenvalue weighted by atomic mass is 127. The van der Waals surface area contributed by atoms with Crippen LogP contribution in [-0.4, -0.2) is 5.91 Å². The molecule has 104 valence electrons. The van der Waals surface area contributed by atoms with Crippen molar-refractivity contribution in [3.8, 4) is 0 Å². The molecule has 0 saturated carbocycles. The lowest BCUT2D eigenvalue weighted by atomic mass is 10.2. The van der Waals surface area contributed by atoms with E-state index in [4.69, 9.17) is 17.3 Å². The Morgan fingerprint density at radius 3 is 2.60 bits per heavy atom. The molecular weight excluding hydrogens is 401 g/mol. The lowest BCUT2D eigenvalue weighted by Crippen LogP contribution is -2.16. The molecule has 0 atom stereocenters. The first kappa shape index (κ1) is 15.0. The molecule has 0 heterocycles. The Bertz CT molecular complexity index is 671. The standard InChI is InChI=1S/C13H8ClF2IN2O/c14-6-1-2-10(17)8(3-6)13(20)19-12-9(16)4-7(15)5-11(12)18/h1-5H,18H2,(H,19,20). The molecule has 3 N–H and O–H groups in total. The van der Waals surface area contributed by atoms with E-state index in [-0.39, 0.29) is 16.9 Å². The largest absolute Gasteiger partial charge is 0.397 e. The van der Waals surface area contributed by atoms with Gasteiger partial charge in [0.1, 0.15) is 11.5 Å².